The Kier molecular flexibility index (Phi) is 6.06. The van der Waals surface area contributed by atoms with E-state index in [1.807, 2.05) is 62.6 Å². The molecule has 1 aromatic heterocycles. The fourth-order valence-corrected chi connectivity index (χ4v) is 3.19. The highest BCUT2D eigenvalue weighted by Crippen LogP contribution is 2.22. The largest absolute Gasteiger partial charge is 0.368 e. The van der Waals surface area contributed by atoms with Crippen molar-refractivity contribution in [2.75, 3.05) is 0 Å². The summed E-state index contributed by atoms with van der Waals surface area (Å²) in [6.07, 6.45) is 0.756. The second-order valence-electron chi connectivity index (χ2n) is 6.34. The van der Waals surface area contributed by atoms with Gasteiger partial charge in [-0.05, 0) is 50.1 Å². The number of nitrogens with one attached hydrogen (secondary N) is 1. The van der Waals surface area contributed by atoms with Gasteiger partial charge in [0.25, 0.3) is 5.91 Å². The minimum absolute atomic E-state index is 0.0172. The van der Waals surface area contributed by atoms with Crippen molar-refractivity contribution in [1.82, 2.24) is 9.88 Å². The normalized spacial score (nSPS) is 13.3. The van der Waals surface area contributed by atoms with Crippen LogP contribution in [0.4, 0.5) is 0 Å². The summed E-state index contributed by atoms with van der Waals surface area (Å²) in [5.41, 5.74) is 8.76. The lowest BCUT2D eigenvalue weighted by molar-refractivity contribution is -0.120. The van der Waals surface area contributed by atoms with Gasteiger partial charge in [0.05, 0.1) is 5.56 Å². The fourth-order valence-electron chi connectivity index (χ4n) is 2.93. The Morgan fingerprint density at radius 1 is 1.24 bits per heavy atom. The zero-order valence-corrected chi connectivity index (χ0v) is 16.6. The highest BCUT2D eigenvalue weighted by molar-refractivity contribution is 9.10. The lowest BCUT2D eigenvalue weighted by Gasteiger charge is -2.21. The Morgan fingerprint density at radius 3 is 2.36 bits per heavy atom. The van der Waals surface area contributed by atoms with Gasteiger partial charge in [0.15, 0.2) is 0 Å². The van der Waals surface area contributed by atoms with E-state index in [9.17, 15) is 9.59 Å². The number of nitrogens with two attached hydrogens (primary N) is 1. The number of aromatic nitrogens is 1. The number of carbonyl (C=O) groups excluding carboxylic acids is 2. The van der Waals surface area contributed by atoms with Crippen molar-refractivity contribution < 1.29 is 9.59 Å². The molecule has 0 saturated carbocycles. The average molecular weight is 406 g/mol. The third-order valence-electron chi connectivity index (χ3n) is 4.57. The summed E-state index contributed by atoms with van der Waals surface area (Å²) < 4.78 is 3.01. The van der Waals surface area contributed by atoms with Crippen LogP contribution in [0.3, 0.4) is 0 Å². The van der Waals surface area contributed by atoms with Gasteiger partial charge in [0.2, 0.25) is 5.91 Å². The molecule has 0 radical (unpaired) electrons. The van der Waals surface area contributed by atoms with Crippen molar-refractivity contribution in [3.63, 3.8) is 0 Å². The maximum atomic E-state index is 12.7. The van der Waals surface area contributed by atoms with Crippen LogP contribution in [0.15, 0.2) is 34.8 Å². The fraction of sp³-hybridized carbons (Fsp3) is 0.368. The molecule has 2 amide bonds. The van der Waals surface area contributed by atoms with Crippen LogP contribution in [0.25, 0.3) is 5.69 Å². The van der Waals surface area contributed by atoms with Gasteiger partial charge in [-0.15, -0.1) is 0 Å². The lowest BCUT2D eigenvalue weighted by Crippen LogP contribution is -2.48. The number of benzene rings is 1. The predicted octanol–water partition coefficient (Wildman–Crippen LogP) is 3.49. The van der Waals surface area contributed by atoms with Crippen molar-refractivity contribution in [2.24, 2.45) is 11.7 Å². The van der Waals surface area contributed by atoms with Gasteiger partial charge < -0.3 is 15.6 Å². The third-order valence-corrected chi connectivity index (χ3v) is 5.10. The topological polar surface area (TPSA) is 77.1 Å². The number of nitrogens with zero attached hydrogens (tertiary/aromatic N) is 1. The molecule has 5 nitrogen and oxygen atoms in total. The molecule has 0 bridgehead atoms. The summed E-state index contributed by atoms with van der Waals surface area (Å²) in [6.45, 7) is 7.71. The highest BCUT2D eigenvalue weighted by Gasteiger charge is 2.26. The maximum absolute atomic E-state index is 12.7. The number of rotatable bonds is 6. The molecule has 1 aromatic carbocycles. The lowest BCUT2D eigenvalue weighted by atomic mass is 9.98. The van der Waals surface area contributed by atoms with Gasteiger partial charge in [-0.1, -0.05) is 36.2 Å². The van der Waals surface area contributed by atoms with Crippen LogP contribution >= 0.6 is 15.9 Å². The first-order chi connectivity index (χ1) is 11.8. The molecule has 134 valence electrons. The van der Waals surface area contributed by atoms with Gasteiger partial charge >= 0.3 is 0 Å². The molecule has 0 aliphatic rings. The van der Waals surface area contributed by atoms with Crippen LogP contribution < -0.4 is 11.1 Å². The Balaban J connectivity index is 2.34. The summed E-state index contributed by atoms with van der Waals surface area (Å²) in [7, 11) is 0. The minimum atomic E-state index is -0.673. The smallest absolute Gasteiger partial charge is 0.253 e. The summed E-state index contributed by atoms with van der Waals surface area (Å²) in [5.74, 6) is -0.804. The standard InChI is InChI=1S/C19H24BrN3O2/c1-5-11(2)17(18(21)24)22-19(25)16-10-12(3)23(13(16)4)15-8-6-14(20)7-9-15/h6-11,17H,5H2,1-4H3,(H2,21,24)(H,22,25). The number of halogens is 1. The summed E-state index contributed by atoms with van der Waals surface area (Å²) >= 11 is 3.43. The molecule has 3 N–H and O–H groups in total. The quantitative estimate of drug-likeness (QED) is 0.771. The van der Waals surface area contributed by atoms with E-state index >= 15 is 0 Å². The molecular weight excluding hydrogens is 382 g/mol. The Bertz CT molecular complexity index is 781. The van der Waals surface area contributed by atoms with Crippen LogP contribution in [-0.2, 0) is 4.79 Å². The van der Waals surface area contributed by atoms with E-state index in [0.29, 0.717) is 5.56 Å². The summed E-state index contributed by atoms with van der Waals surface area (Å²) in [6, 6.07) is 9.04. The number of hydrogen-bond acceptors (Lipinski definition) is 2. The molecule has 0 aliphatic heterocycles. The van der Waals surface area contributed by atoms with E-state index in [1.54, 1.807) is 0 Å². The number of carbonyl (C=O) groups is 2. The van der Waals surface area contributed by atoms with E-state index in [2.05, 4.69) is 21.2 Å². The Morgan fingerprint density at radius 2 is 1.84 bits per heavy atom. The number of hydrogen-bond donors (Lipinski definition) is 2. The van der Waals surface area contributed by atoms with Gasteiger partial charge in [0.1, 0.15) is 6.04 Å². The average Bonchev–Trinajstić information content (AvgIpc) is 2.87. The van der Waals surface area contributed by atoms with E-state index in [-0.39, 0.29) is 11.8 Å². The first-order valence-electron chi connectivity index (χ1n) is 8.31. The van der Waals surface area contributed by atoms with Crippen molar-refractivity contribution in [3.8, 4) is 5.69 Å². The molecular formula is C19H24BrN3O2. The molecule has 25 heavy (non-hydrogen) atoms. The molecule has 2 unspecified atom stereocenters. The third kappa shape index (κ3) is 4.12. The molecule has 0 spiro atoms. The van der Waals surface area contributed by atoms with E-state index in [4.69, 9.17) is 5.73 Å². The first kappa shape index (κ1) is 19.2. The van der Waals surface area contributed by atoms with Crippen LogP contribution in [0.2, 0.25) is 0 Å². The van der Waals surface area contributed by atoms with Crippen LogP contribution in [-0.4, -0.2) is 22.4 Å². The van der Waals surface area contributed by atoms with Crippen molar-refractivity contribution in [2.45, 2.75) is 40.2 Å². The summed E-state index contributed by atoms with van der Waals surface area (Å²) in [5, 5.41) is 2.79. The minimum Gasteiger partial charge on any atom is -0.368 e. The van der Waals surface area contributed by atoms with Crippen LogP contribution in [0, 0.1) is 19.8 Å². The molecule has 2 rings (SSSR count). The monoisotopic (exact) mass is 405 g/mol. The van der Waals surface area contributed by atoms with Crippen molar-refractivity contribution in [1.29, 1.82) is 0 Å². The zero-order chi connectivity index (χ0) is 18.7. The van der Waals surface area contributed by atoms with E-state index in [0.717, 1.165) is 28.0 Å². The van der Waals surface area contributed by atoms with Crippen molar-refractivity contribution in [3.05, 3.63) is 51.8 Å². The second kappa shape index (κ2) is 7.87. The van der Waals surface area contributed by atoms with Gasteiger partial charge in [-0.25, -0.2) is 0 Å². The SMILES string of the molecule is CCC(C)C(NC(=O)c1cc(C)n(-c2ccc(Br)cc2)c1C)C(N)=O. The van der Waals surface area contributed by atoms with E-state index in [1.165, 1.54) is 0 Å². The molecule has 1 heterocycles. The maximum Gasteiger partial charge on any atom is 0.253 e. The molecule has 0 saturated heterocycles. The molecule has 2 aromatic rings. The second-order valence-corrected chi connectivity index (χ2v) is 7.25. The molecule has 2 atom stereocenters. The molecule has 6 heteroatoms. The van der Waals surface area contributed by atoms with Crippen molar-refractivity contribution >= 4 is 27.7 Å². The predicted molar refractivity (Wildman–Crippen MR) is 103 cm³/mol. The van der Waals surface area contributed by atoms with Gasteiger partial charge in [0, 0.05) is 21.5 Å². The number of primary amides is 1. The molecule has 0 aliphatic carbocycles. The number of aryl methyl sites for hydroxylation is 1. The highest BCUT2D eigenvalue weighted by atomic mass is 79.9. The van der Waals surface area contributed by atoms with Gasteiger partial charge in [-0.2, -0.15) is 0 Å². The number of amides is 2. The first-order valence-corrected chi connectivity index (χ1v) is 9.10. The Labute approximate surface area is 156 Å². The summed E-state index contributed by atoms with van der Waals surface area (Å²) in [4.78, 5) is 24.4. The Hall–Kier alpha value is -2.08. The zero-order valence-electron chi connectivity index (χ0n) is 15.0. The van der Waals surface area contributed by atoms with Crippen LogP contribution in [0.1, 0.15) is 42.0 Å². The van der Waals surface area contributed by atoms with E-state index < -0.39 is 11.9 Å². The van der Waals surface area contributed by atoms with Crippen LogP contribution in [0.5, 0.6) is 0 Å². The molecule has 0 fully saturated rings. The van der Waals surface area contributed by atoms with Gasteiger partial charge in [-0.3, -0.25) is 9.59 Å².